The summed E-state index contributed by atoms with van der Waals surface area (Å²) in [7, 11) is 0. The van der Waals surface area contributed by atoms with E-state index in [1.54, 1.807) is 6.33 Å². The van der Waals surface area contributed by atoms with Gasteiger partial charge in [0.05, 0.1) is 5.69 Å². The number of fused-ring (bicyclic) bond motifs is 1. The number of aryl methyl sites for hydroxylation is 1. The van der Waals surface area contributed by atoms with Crippen LogP contribution in [0.25, 0.3) is 0 Å². The smallest absolute Gasteiger partial charge is 0.116 e. The number of nitrogens with zero attached hydrogens (tertiary/aromatic N) is 2. The Bertz CT molecular complexity index is 294. The average Bonchev–Trinajstić information content (AvgIpc) is 2.49. The highest BCUT2D eigenvalue weighted by atomic mass is 14.9. The molecular weight excluding hydrogens is 150 g/mol. The van der Waals surface area contributed by atoms with Crippen molar-refractivity contribution < 1.29 is 0 Å². The van der Waals surface area contributed by atoms with Crippen molar-refractivity contribution in [3.05, 3.63) is 23.3 Å². The van der Waals surface area contributed by atoms with Crippen molar-refractivity contribution >= 4 is 0 Å². The SMILES string of the molecule is C[C@H](N)c1ncnc2c1CCC2. The first-order valence-electron chi connectivity index (χ1n) is 4.37. The van der Waals surface area contributed by atoms with Crippen LogP contribution in [0, 0.1) is 0 Å². The Kier molecular flexibility index (Phi) is 1.81. The summed E-state index contributed by atoms with van der Waals surface area (Å²) in [4.78, 5) is 8.45. The van der Waals surface area contributed by atoms with E-state index in [1.807, 2.05) is 6.92 Å². The molecule has 0 aliphatic heterocycles. The maximum absolute atomic E-state index is 5.80. The van der Waals surface area contributed by atoms with E-state index in [-0.39, 0.29) is 6.04 Å². The van der Waals surface area contributed by atoms with E-state index in [9.17, 15) is 0 Å². The number of nitrogens with two attached hydrogens (primary N) is 1. The molecule has 2 N–H and O–H groups in total. The van der Waals surface area contributed by atoms with Gasteiger partial charge >= 0.3 is 0 Å². The molecule has 0 radical (unpaired) electrons. The van der Waals surface area contributed by atoms with Crippen molar-refractivity contribution in [2.45, 2.75) is 32.2 Å². The van der Waals surface area contributed by atoms with Crippen LogP contribution in [0.4, 0.5) is 0 Å². The van der Waals surface area contributed by atoms with Gasteiger partial charge in [-0.3, -0.25) is 0 Å². The molecule has 0 amide bonds. The fourth-order valence-electron chi connectivity index (χ4n) is 1.78. The van der Waals surface area contributed by atoms with Gasteiger partial charge < -0.3 is 5.73 Å². The third-order valence-corrected chi connectivity index (χ3v) is 2.34. The molecule has 1 aliphatic rings. The van der Waals surface area contributed by atoms with Crippen molar-refractivity contribution in [1.82, 2.24) is 9.97 Å². The Hall–Kier alpha value is -0.960. The minimum Gasteiger partial charge on any atom is -0.323 e. The van der Waals surface area contributed by atoms with Crippen LogP contribution in [0.15, 0.2) is 6.33 Å². The first-order valence-corrected chi connectivity index (χ1v) is 4.37. The highest BCUT2D eigenvalue weighted by molar-refractivity contribution is 5.30. The maximum atomic E-state index is 5.80. The Morgan fingerprint density at radius 3 is 3.00 bits per heavy atom. The largest absolute Gasteiger partial charge is 0.323 e. The van der Waals surface area contributed by atoms with Crippen LogP contribution in [-0.2, 0) is 12.8 Å². The molecule has 1 aromatic rings. The predicted molar refractivity (Wildman–Crippen MR) is 46.7 cm³/mol. The van der Waals surface area contributed by atoms with Crippen LogP contribution in [0.5, 0.6) is 0 Å². The Balaban J connectivity index is 2.49. The molecule has 1 heterocycles. The molecule has 0 fully saturated rings. The topological polar surface area (TPSA) is 51.8 Å². The third-order valence-electron chi connectivity index (χ3n) is 2.34. The second-order valence-electron chi connectivity index (χ2n) is 3.33. The van der Waals surface area contributed by atoms with Crippen molar-refractivity contribution in [3.63, 3.8) is 0 Å². The van der Waals surface area contributed by atoms with Crippen molar-refractivity contribution in [3.8, 4) is 0 Å². The molecule has 0 aromatic carbocycles. The van der Waals surface area contributed by atoms with Gasteiger partial charge in [0.15, 0.2) is 0 Å². The lowest BCUT2D eigenvalue weighted by atomic mass is 10.1. The van der Waals surface area contributed by atoms with Gasteiger partial charge in [-0.2, -0.15) is 0 Å². The fourth-order valence-corrected chi connectivity index (χ4v) is 1.78. The lowest BCUT2D eigenvalue weighted by Gasteiger charge is -2.08. The maximum Gasteiger partial charge on any atom is 0.116 e. The molecule has 3 heteroatoms. The standard InChI is InChI=1S/C9H13N3/c1-6(10)9-7-3-2-4-8(7)11-5-12-9/h5-6H,2-4,10H2,1H3/t6-/m0/s1. The summed E-state index contributed by atoms with van der Waals surface area (Å²) in [6.45, 7) is 1.97. The van der Waals surface area contributed by atoms with E-state index in [1.165, 1.54) is 17.7 Å². The van der Waals surface area contributed by atoms with Crippen molar-refractivity contribution in [1.29, 1.82) is 0 Å². The van der Waals surface area contributed by atoms with Crippen LogP contribution < -0.4 is 5.73 Å². The van der Waals surface area contributed by atoms with Crippen molar-refractivity contribution in [2.24, 2.45) is 5.73 Å². The lowest BCUT2D eigenvalue weighted by molar-refractivity contribution is 0.756. The van der Waals surface area contributed by atoms with Gasteiger partial charge in [0, 0.05) is 11.7 Å². The van der Waals surface area contributed by atoms with E-state index < -0.39 is 0 Å². The summed E-state index contributed by atoms with van der Waals surface area (Å²) in [6.07, 6.45) is 5.03. The number of hydrogen-bond acceptors (Lipinski definition) is 3. The fraction of sp³-hybridized carbons (Fsp3) is 0.556. The molecule has 0 saturated heterocycles. The monoisotopic (exact) mass is 163 g/mol. The summed E-state index contributed by atoms with van der Waals surface area (Å²) in [6, 6.07) is 0.0415. The molecule has 1 aromatic heterocycles. The molecule has 12 heavy (non-hydrogen) atoms. The predicted octanol–water partition coefficient (Wildman–Crippen LogP) is 0.985. The van der Waals surface area contributed by atoms with Crippen LogP contribution in [0.1, 0.15) is 36.3 Å². The zero-order chi connectivity index (χ0) is 8.55. The summed E-state index contributed by atoms with van der Waals surface area (Å²) < 4.78 is 0. The summed E-state index contributed by atoms with van der Waals surface area (Å²) in [5, 5.41) is 0. The highest BCUT2D eigenvalue weighted by Gasteiger charge is 2.18. The van der Waals surface area contributed by atoms with Crippen LogP contribution >= 0.6 is 0 Å². The molecule has 0 spiro atoms. The average molecular weight is 163 g/mol. The van der Waals surface area contributed by atoms with Gasteiger partial charge in [0.1, 0.15) is 6.33 Å². The van der Waals surface area contributed by atoms with E-state index in [0.29, 0.717) is 0 Å². The van der Waals surface area contributed by atoms with E-state index in [2.05, 4.69) is 9.97 Å². The number of rotatable bonds is 1. The Morgan fingerprint density at radius 1 is 1.42 bits per heavy atom. The summed E-state index contributed by atoms with van der Waals surface area (Å²) in [5.74, 6) is 0. The summed E-state index contributed by atoms with van der Waals surface area (Å²) >= 11 is 0. The highest BCUT2D eigenvalue weighted by Crippen LogP contribution is 2.24. The normalized spacial score (nSPS) is 17.5. The third kappa shape index (κ3) is 1.10. The van der Waals surface area contributed by atoms with Crippen LogP contribution in [0.3, 0.4) is 0 Å². The second kappa shape index (κ2) is 2.83. The van der Waals surface area contributed by atoms with Gasteiger partial charge in [-0.1, -0.05) is 0 Å². The van der Waals surface area contributed by atoms with Gasteiger partial charge in [-0.05, 0) is 31.7 Å². The van der Waals surface area contributed by atoms with Gasteiger partial charge in [-0.15, -0.1) is 0 Å². The quantitative estimate of drug-likeness (QED) is 0.671. The molecule has 0 bridgehead atoms. The van der Waals surface area contributed by atoms with E-state index in [0.717, 1.165) is 18.5 Å². The van der Waals surface area contributed by atoms with Gasteiger partial charge in [0.2, 0.25) is 0 Å². The zero-order valence-electron chi connectivity index (χ0n) is 7.25. The molecule has 0 saturated carbocycles. The first kappa shape index (κ1) is 7.68. The minimum absolute atomic E-state index is 0.0415. The van der Waals surface area contributed by atoms with Crippen LogP contribution in [0.2, 0.25) is 0 Å². The Morgan fingerprint density at radius 2 is 2.25 bits per heavy atom. The molecule has 64 valence electrons. The van der Waals surface area contributed by atoms with Crippen LogP contribution in [-0.4, -0.2) is 9.97 Å². The molecule has 0 unspecified atom stereocenters. The second-order valence-corrected chi connectivity index (χ2v) is 3.33. The minimum atomic E-state index is 0.0415. The Labute approximate surface area is 72.0 Å². The van der Waals surface area contributed by atoms with E-state index >= 15 is 0 Å². The first-order chi connectivity index (χ1) is 5.79. The van der Waals surface area contributed by atoms with Crippen molar-refractivity contribution in [2.75, 3.05) is 0 Å². The summed E-state index contributed by atoms with van der Waals surface area (Å²) in [5.41, 5.74) is 9.34. The zero-order valence-corrected chi connectivity index (χ0v) is 7.25. The molecule has 1 atom stereocenters. The van der Waals surface area contributed by atoms with Gasteiger partial charge in [-0.25, -0.2) is 9.97 Å². The molecule has 1 aliphatic carbocycles. The van der Waals surface area contributed by atoms with E-state index in [4.69, 9.17) is 5.73 Å². The molecule has 3 nitrogen and oxygen atoms in total. The molecule has 2 rings (SSSR count). The number of hydrogen-bond donors (Lipinski definition) is 1. The molecular formula is C9H13N3. The lowest BCUT2D eigenvalue weighted by Crippen LogP contribution is -2.11. The van der Waals surface area contributed by atoms with Gasteiger partial charge in [0.25, 0.3) is 0 Å². The number of aromatic nitrogens is 2.